The lowest BCUT2D eigenvalue weighted by Crippen LogP contribution is -3.16. The minimum Gasteiger partial charge on any atom is -0.346 e. The van der Waals surface area contributed by atoms with Crippen LogP contribution in [0.1, 0.15) is 26.7 Å². The molecule has 1 heterocycles. The number of nitrogens with one attached hydrogen (secondary N) is 1. The Bertz CT molecular complexity index is 93.7. The molecule has 0 radical (unpaired) electrons. The van der Waals surface area contributed by atoms with E-state index in [1.54, 1.807) is 4.90 Å². The summed E-state index contributed by atoms with van der Waals surface area (Å²) in [5.74, 6) is 0. The van der Waals surface area contributed by atoms with Crippen molar-refractivity contribution in [3.05, 3.63) is 0 Å². The Hall–Kier alpha value is -0.0800. The summed E-state index contributed by atoms with van der Waals surface area (Å²) in [6.07, 6.45) is 2.86. The van der Waals surface area contributed by atoms with Crippen molar-refractivity contribution < 1.29 is 10.2 Å². The van der Waals surface area contributed by atoms with E-state index in [1.165, 1.54) is 39.0 Å². The van der Waals surface area contributed by atoms with E-state index in [0.717, 1.165) is 6.04 Å². The molecule has 0 aromatic heterocycles. The molecule has 1 rings (SSSR count). The zero-order chi connectivity index (χ0) is 8.10. The summed E-state index contributed by atoms with van der Waals surface area (Å²) in [4.78, 5) is 1.80. The second kappa shape index (κ2) is 4.73. The van der Waals surface area contributed by atoms with Gasteiger partial charge in [-0.15, -0.1) is 0 Å². The summed E-state index contributed by atoms with van der Waals surface area (Å²) < 4.78 is 0. The van der Waals surface area contributed by atoms with Crippen molar-refractivity contribution in [2.75, 3.05) is 26.2 Å². The minimum absolute atomic E-state index is 0.968. The van der Waals surface area contributed by atoms with Gasteiger partial charge in [0.05, 0.1) is 32.2 Å². The molecule has 2 heteroatoms. The molecule has 2 nitrogen and oxygen atoms in total. The van der Waals surface area contributed by atoms with E-state index in [4.69, 9.17) is 0 Å². The highest BCUT2D eigenvalue weighted by Crippen LogP contribution is 1.92. The average molecular weight is 158 g/mol. The molecule has 3 N–H and O–H groups in total. The first-order valence-corrected chi connectivity index (χ1v) is 5.04. The third-order valence-corrected chi connectivity index (χ3v) is 2.92. The van der Waals surface area contributed by atoms with Gasteiger partial charge in [-0.1, -0.05) is 0 Å². The van der Waals surface area contributed by atoms with E-state index in [9.17, 15) is 0 Å². The average Bonchev–Trinajstić information content (AvgIpc) is 2.09. The maximum Gasteiger partial charge on any atom is 0.0983 e. The second-order valence-corrected chi connectivity index (χ2v) is 3.51. The lowest BCUT2D eigenvalue weighted by Gasteiger charge is -2.28. The van der Waals surface area contributed by atoms with Gasteiger partial charge in [0.2, 0.25) is 0 Å². The largest absolute Gasteiger partial charge is 0.346 e. The van der Waals surface area contributed by atoms with Crippen LogP contribution >= 0.6 is 0 Å². The molecule has 0 unspecified atom stereocenters. The molecule has 0 bridgehead atoms. The van der Waals surface area contributed by atoms with Crippen LogP contribution in [0.15, 0.2) is 0 Å². The first-order chi connectivity index (χ1) is 5.38. The Balaban J connectivity index is 2.30. The van der Waals surface area contributed by atoms with Gasteiger partial charge in [0.25, 0.3) is 0 Å². The van der Waals surface area contributed by atoms with Gasteiger partial charge in [0, 0.05) is 12.8 Å². The molecule has 1 saturated heterocycles. The fourth-order valence-corrected chi connectivity index (χ4v) is 2.16. The summed E-state index contributed by atoms with van der Waals surface area (Å²) in [7, 11) is 0. The molecule has 11 heavy (non-hydrogen) atoms. The van der Waals surface area contributed by atoms with Gasteiger partial charge < -0.3 is 10.2 Å². The van der Waals surface area contributed by atoms with Crippen molar-refractivity contribution in [1.82, 2.24) is 0 Å². The van der Waals surface area contributed by atoms with Gasteiger partial charge in [0.1, 0.15) is 0 Å². The molecule has 0 saturated carbocycles. The van der Waals surface area contributed by atoms with E-state index >= 15 is 0 Å². The van der Waals surface area contributed by atoms with Gasteiger partial charge in [0.15, 0.2) is 0 Å². The van der Waals surface area contributed by atoms with Crippen LogP contribution in [0, 0.1) is 0 Å². The van der Waals surface area contributed by atoms with Crippen molar-refractivity contribution in [1.29, 1.82) is 0 Å². The second-order valence-electron chi connectivity index (χ2n) is 3.51. The van der Waals surface area contributed by atoms with Crippen molar-refractivity contribution in [3.63, 3.8) is 0 Å². The molecule has 1 fully saturated rings. The fraction of sp³-hybridized carbons (Fsp3) is 1.00. The quantitative estimate of drug-likeness (QED) is 0.506. The normalized spacial score (nSPS) is 21.0. The van der Waals surface area contributed by atoms with E-state index in [0.29, 0.717) is 0 Å². The number of piperidine rings is 1. The number of nitrogens with two attached hydrogens (primary N) is 1. The predicted molar refractivity (Wildman–Crippen MR) is 46.7 cm³/mol. The van der Waals surface area contributed by atoms with Gasteiger partial charge in [-0.05, 0) is 13.8 Å². The third-order valence-electron chi connectivity index (χ3n) is 2.92. The smallest absolute Gasteiger partial charge is 0.0983 e. The molecule has 0 spiro atoms. The van der Waals surface area contributed by atoms with Crippen LogP contribution in [0.3, 0.4) is 0 Å². The van der Waals surface area contributed by atoms with Crippen LogP contribution in [0.5, 0.6) is 0 Å². The predicted octanol–water partition coefficient (Wildman–Crippen LogP) is -1.36. The van der Waals surface area contributed by atoms with Crippen LogP contribution in [0.25, 0.3) is 0 Å². The number of hydrogen-bond donors (Lipinski definition) is 2. The van der Waals surface area contributed by atoms with E-state index in [1.807, 2.05) is 0 Å². The lowest BCUT2D eigenvalue weighted by atomic mass is 10.1. The summed E-state index contributed by atoms with van der Waals surface area (Å²) >= 11 is 0. The Morgan fingerprint density at radius 3 is 2.18 bits per heavy atom. The van der Waals surface area contributed by atoms with Crippen molar-refractivity contribution >= 4 is 0 Å². The number of quaternary nitrogens is 2. The molecular weight excluding hydrogens is 136 g/mol. The monoisotopic (exact) mass is 158 g/mol. The molecule has 0 aromatic carbocycles. The van der Waals surface area contributed by atoms with Gasteiger partial charge in [-0.3, -0.25) is 0 Å². The lowest BCUT2D eigenvalue weighted by molar-refractivity contribution is -0.929. The molecule has 0 amide bonds. The molecule has 0 aliphatic carbocycles. The first-order valence-electron chi connectivity index (χ1n) is 5.04. The molecule has 1 aliphatic rings. The summed E-state index contributed by atoms with van der Waals surface area (Å²) in [5, 5.41) is 2.44. The number of hydrogen-bond acceptors (Lipinski definition) is 0. The number of rotatable bonds is 3. The molecule has 1 aliphatic heterocycles. The van der Waals surface area contributed by atoms with Crippen LogP contribution in [-0.2, 0) is 0 Å². The highest BCUT2D eigenvalue weighted by atomic mass is 15.2. The Morgan fingerprint density at radius 2 is 1.73 bits per heavy atom. The van der Waals surface area contributed by atoms with E-state index in [2.05, 4.69) is 19.2 Å². The highest BCUT2D eigenvalue weighted by molar-refractivity contribution is 4.57. The van der Waals surface area contributed by atoms with Gasteiger partial charge in [-0.2, -0.15) is 0 Å². The van der Waals surface area contributed by atoms with Crippen LogP contribution in [0.4, 0.5) is 0 Å². The topological polar surface area (TPSA) is 21.1 Å². The maximum atomic E-state index is 2.44. The van der Waals surface area contributed by atoms with Crippen LogP contribution < -0.4 is 10.2 Å². The summed E-state index contributed by atoms with van der Waals surface area (Å²) in [6, 6.07) is 0.968. The van der Waals surface area contributed by atoms with Crippen molar-refractivity contribution in [3.8, 4) is 0 Å². The Morgan fingerprint density at radius 1 is 1.18 bits per heavy atom. The highest BCUT2D eigenvalue weighted by Gasteiger charge is 2.23. The Labute approximate surface area is 70.0 Å². The summed E-state index contributed by atoms with van der Waals surface area (Å²) in [5.41, 5.74) is 0. The standard InChI is InChI=1S/C9H20N2/c1-3-11(4-2)9-5-7-10-8-6-9/h9-10H,3-8H2,1-2H3/p+2. The van der Waals surface area contributed by atoms with E-state index < -0.39 is 0 Å². The molecular formula is C9H22N2+2. The molecule has 66 valence electrons. The summed E-state index contributed by atoms with van der Waals surface area (Å²) in [6.45, 7) is 9.93. The van der Waals surface area contributed by atoms with Gasteiger partial charge >= 0.3 is 0 Å². The van der Waals surface area contributed by atoms with Crippen molar-refractivity contribution in [2.45, 2.75) is 32.7 Å². The van der Waals surface area contributed by atoms with E-state index in [-0.39, 0.29) is 0 Å². The SMILES string of the molecule is CC[NH+](CC)C1CC[NH2+]CC1. The molecule has 0 aromatic rings. The van der Waals surface area contributed by atoms with Crippen LogP contribution in [-0.4, -0.2) is 32.2 Å². The first kappa shape index (κ1) is 9.01. The zero-order valence-corrected chi connectivity index (χ0v) is 7.90. The zero-order valence-electron chi connectivity index (χ0n) is 7.90. The maximum absolute atomic E-state index is 2.44. The third kappa shape index (κ3) is 2.46. The van der Waals surface area contributed by atoms with Crippen LogP contribution in [0.2, 0.25) is 0 Å². The molecule has 0 atom stereocenters. The van der Waals surface area contributed by atoms with Gasteiger partial charge in [-0.25, -0.2) is 0 Å². The Kier molecular flexibility index (Phi) is 3.87. The van der Waals surface area contributed by atoms with Crippen molar-refractivity contribution in [2.24, 2.45) is 0 Å². The minimum atomic E-state index is 0.968. The fourth-order valence-electron chi connectivity index (χ4n) is 2.16.